The number of benzene rings is 2. The van der Waals surface area contributed by atoms with Gasteiger partial charge in [-0.25, -0.2) is 9.59 Å². The van der Waals surface area contributed by atoms with Crippen molar-refractivity contribution in [3.63, 3.8) is 0 Å². The first-order valence-electron chi connectivity index (χ1n) is 19.0. The predicted molar refractivity (Wildman–Crippen MR) is 200 cm³/mol. The number of amides is 3. The minimum absolute atomic E-state index is 0.0287. The molecule has 2 aromatic rings. The van der Waals surface area contributed by atoms with Gasteiger partial charge in [0.25, 0.3) is 0 Å². The normalized spacial score (nSPS) is 17.4. The SMILES string of the molecule is CCOC(=O)[C@H](COCc1ccccc1)NC(=O)C1(C[C@@H](CNC(=O)[C@@H]2CCCN2C(=O)OCc2ccccc2)C(=O)OCOC(=O)C(C)(C)C)CCCC1. The Bertz CT molecular complexity index is 1590. The minimum atomic E-state index is -1.11. The van der Waals surface area contributed by atoms with E-state index in [1.54, 1.807) is 27.7 Å². The third-order valence-corrected chi connectivity index (χ3v) is 9.81. The number of rotatable bonds is 18. The van der Waals surface area contributed by atoms with Crippen LogP contribution in [0.4, 0.5) is 4.79 Å². The van der Waals surface area contributed by atoms with Crippen molar-refractivity contribution >= 4 is 35.8 Å². The van der Waals surface area contributed by atoms with Crippen LogP contribution < -0.4 is 10.6 Å². The lowest BCUT2D eigenvalue weighted by Gasteiger charge is -2.33. The van der Waals surface area contributed by atoms with E-state index in [0.29, 0.717) is 45.1 Å². The molecule has 2 N–H and O–H groups in total. The van der Waals surface area contributed by atoms with Crippen molar-refractivity contribution in [2.75, 3.05) is 33.1 Å². The van der Waals surface area contributed by atoms with Crippen LogP contribution in [0.2, 0.25) is 0 Å². The first-order chi connectivity index (χ1) is 26.3. The van der Waals surface area contributed by atoms with E-state index >= 15 is 0 Å². The van der Waals surface area contributed by atoms with Crippen LogP contribution in [0, 0.1) is 16.7 Å². The van der Waals surface area contributed by atoms with E-state index in [9.17, 15) is 28.8 Å². The van der Waals surface area contributed by atoms with Crippen LogP contribution in [-0.2, 0) is 60.9 Å². The topological polar surface area (TPSA) is 176 Å². The molecule has 3 atom stereocenters. The zero-order valence-corrected chi connectivity index (χ0v) is 32.3. The maximum Gasteiger partial charge on any atom is 0.410 e. The summed E-state index contributed by atoms with van der Waals surface area (Å²) in [4.78, 5) is 81.2. The molecule has 1 aliphatic heterocycles. The molecule has 2 aliphatic rings. The minimum Gasteiger partial charge on any atom is -0.464 e. The van der Waals surface area contributed by atoms with E-state index in [1.807, 2.05) is 60.7 Å². The fraction of sp³-hybridized carbons (Fsp3) is 0.561. The lowest BCUT2D eigenvalue weighted by molar-refractivity contribution is -0.176. The average Bonchev–Trinajstić information content (AvgIpc) is 3.87. The summed E-state index contributed by atoms with van der Waals surface area (Å²) in [7, 11) is 0. The molecule has 1 aliphatic carbocycles. The quantitative estimate of drug-likeness (QED) is 0.121. The molecule has 0 radical (unpaired) electrons. The number of ether oxygens (including phenoxy) is 5. The summed E-state index contributed by atoms with van der Waals surface area (Å²) in [5, 5.41) is 5.65. The van der Waals surface area contributed by atoms with Crippen LogP contribution in [0.25, 0.3) is 0 Å². The number of nitrogens with zero attached hydrogens (tertiary/aromatic N) is 1. The van der Waals surface area contributed by atoms with E-state index in [2.05, 4.69) is 10.6 Å². The van der Waals surface area contributed by atoms with Gasteiger partial charge in [-0.15, -0.1) is 0 Å². The number of nitrogens with one attached hydrogen (secondary N) is 2. The van der Waals surface area contributed by atoms with Crippen molar-refractivity contribution in [1.82, 2.24) is 15.5 Å². The third-order valence-electron chi connectivity index (χ3n) is 9.81. The number of esters is 3. The molecule has 14 nitrogen and oxygen atoms in total. The molecule has 1 saturated heterocycles. The molecule has 0 spiro atoms. The van der Waals surface area contributed by atoms with E-state index in [1.165, 1.54) is 4.90 Å². The van der Waals surface area contributed by atoms with Crippen LogP contribution in [0.3, 0.4) is 0 Å². The number of carbonyl (C=O) groups excluding carboxylic acids is 6. The molecule has 1 heterocycles. The van der Waals surface area contributed by atoms with Gasteiger partial charge in [0, 0.05) is 13.1 Å². The van der Waals surface area contributed by atoms with Gasteiger partial charge < -0.3 is 34.3 Å². The van der Waals surface area contributed by atoms with Crippen LogP contribution >= 0.6 is 0 Å². The van der Waals surface area contributed by atoms with E-state index < -0.39 is 71.4 Å². The third kappa shape index (κ3) is 12.8. The molecular weight excluding hydrogens is 710 g/mol. The van der Waals surface area contributed by atoms with Gasteiger partial charge in [0.15, 0.2) is 6.04 Å². The molecule has 4 rings (SSSR count). The van der Waals surface area contributed by atoms with Crippen molar-refractivity contribution in [2.45, 2.75) is 97.9 Å². The molecule has 2 aromatic carbocycles. The Kier molecular flexibility index (Phi) is 16.0. The Morgan fingerprint density at radius 2 is 1.45 bits per heavy atom. The Balaban J connectivity index is 1.46. The van der Waals surface area contributed by atoms with Crippen molar-refractivity contribution in [3.05, 3.63) is 71.8 Å². The second-order valence-electron chi connectivity index (χ2n) is 15.1. The van der Waals surface area contributed by atoms with Gasteiger partial charge in [0.1, 0.15) is 12.6 Å². The summed E-state index contributed by atoms with van der Waals surface area (Å²) in [5.41, 5.74) is -0.225. The zero-order chi connectivity index (χ0) is 39.8. The molecule has 1 saturated carbocycles. The van der Waals surface area contributed by atoms with Crippen LogP contribution in [0.15, 0.2) is 60.7 Å². The molecule has 0 bridgehead atoms. The molecule has 0 aromatic heterocycles. The first kappa shape index (κ1) is 42.8. The Hall–Kier alpha value is -4.98. The molecular formula is C41H55N3O11. The van der Waals surface area contributed by atoms with Gasteiger partial charge in [0.2, 0.25) is 18.6 Å². The molecule has 2 fully saturated rings. The highest BCUT2D eigenvalue weighted by Gasteiger charge is 2.46. The second kappa shape index (κ2) is 20.6. The molecule has 0 unspecified atom stereocenters. The molecule has 55 heavy (non-hydrogen) atoms. The van der Waals surface area contributed by atoms with Crippen molar-refractivity contribution in [3.8, 4) is 0 Å². The summed E-state index contributed by atoms with van der Waals surface area (Å²) >= 11 is 0. The van der Waals surface area contributed by atoms with Crippen molar-refractivity contribution < 1.29 is 52.5 Å². The van der Waals surface area contributed by atoms with Gasteiger partial charge in [-0.1, -0.05) is 73.5 Å². The van der Waals surface area contributed by atoms with E-state index in [0.717, 1.165) is 11.1 Å². The Morgan fingerprint density at radius 1 is 0.818 bits per heavy atom. The average molecular weight is 766 g/mol. The number of likely N-dealkylation sites (tertiary alicyclic amines) is 1. The largest absolute Gasteiger partial charge is 0.464 e. The number of carbonyl (C=O) groups is 6. The molecule has 300 valence electrons. The Labute approximate surface area is 322 Å². The number of hydrogen-bond donors (Lipinski definition) is 2. The highest BCUT2D eigenvalue weighted by atomic mass is 16.7. The molecule has 3 amide bonds. The lowest BCUT2D eigenvalue weighted by atomic mass is 9.76. The van der Waals surface area contributed by atoms with Gasteiger partial charge in [-0.3, -0.25) is 24.1 Å². The molecule has 14 heteroatoms. The highest BCUT2D eigenvalue weighted by Crippen LogP contribution is 2.44. The fourth-order valence-corrected chi connectivity index (χ4v) is 6.75. The van der Waals surface area contributed by atoms with Gasteiger partial charge >= 0.3 is 24.0 Å². The van der Waals surface area contributed by atoms with Gasteiger partial charge in [-0.05, 0) is 70.9 Å². The predicted octanol–water partition coefficient (Wildman–Crippen LogP) is 4.83. The van der Waals surface area contributed by atoms with E-state index in [-0.39, 0.29) is 39.4 Å². The summed E-state index contributed by atoms with van der Waals surface area (Å²) in [6.07, 6.45) is 2.56. The summed E-state index contributed by atoms with van der Waals surface area (Å²) in [6.45, 7) is 6.36. The fourth-order valence-electron chi connectivity index (χ4n) is 6.75. The Morgan fingerprint density at radius 3 is 2.07 bits per heavy atom. The zero-order valence-electron chi connectivity index (χ0n) is 32.3. The van der Waals surface area contributed by atoms with Crippen LogP contribution in [-0.4, -0.2) is 85.9 Å². The first-order valence-corrected chi connectivity index (χ1v) is 19.0. The van der Waals surface area contributed by atoms with Gasteiger partial charge in [0.05, 0.1) is 36.6 Å². The summed E-state index contributed by atoms with van der Waals surface area (Å²) in [6, 6.07) is 16.7. The van der Waals surface area contributed by atoms with Crippen molar-refractivity contribution in [2.24, 2.45) is 16.7 Å². The highest BCUT2D eigenvalue weighted by molar-refractivity contribution is 5.89. The maximum absolute atomic E-state index is 14.2. The lowest BCUT2D eigenvalue weighted by Crippen LogP contribution is -2.52. The van der Waals surface area contributed by atoms with Crippen LogP contribution in [0.1, 0.15) is 83.8 Å². The maximum atomic E-state index is 14.2. The van der Waals surface area contributed by atoms with E-state index in [4.69, 9.17) is 23.7 Å². The standard InChI is InChI=1S/C41H55N3O11/c1-5-52-36(47)32(27-51-25-29-15-8-6-9-16-29)43-37(48)41(20-12-13-21-41)23-31(35(46)54-28-55-38(49)40(2,3)4)24-42-34(45)33-19-14-22-44(33)39(50)53-26-30-17-10-7-11-18-30/h6-11,15-18,31-33H,5,12-14,19-28H2,1-4H3,(H,42,45)(H,43,48)/t31-,32-,33-/m0/s1. The van der Waals surface area contributed by atoms with Gasteiger partial charge in [-0.2, -0.15) is 0 Å². The van der Waals surface area contributed by atoms with Crippen LogP contribution in [0.5, 0.6) is 0 Å². The summed E-state index contributed by atoms with van der Waals surface area (Å²) in [5.74, 6) is -3.97. The second-order valence-corrected chi connectivity index (χ2v) is 15.1. The monoisotopic (exact) mass is 765 g/mol. The smallest absolute Gasteiger partial charge is 0.410 e. The number of hydrogen-bond acceptors (Lipinski definition) is 11. The summed E-state index contributed by atoms with van der Waals surface area (Å²) < 4.78 is 27.1. The van der Waals surface area contributed by atoms with Crippen molar-refractivity contribution in [1.29, 1.82) is 0 Å².